The molecule has 0 aliphatic rings. The molecule has 68 valence electrons. The molecular formula is C11H14N2. The Morgan fingerprint density at radius 2 is 2.00 bits per heavy atom. The van der Waals surface area contributed by atoms with Gasteiger partial charge in [-0.2, -0.15) is 0 Å². The van der Waals surface area contributed by atoms with E-state index in [2.05, 4.69) is 42.9 Å². The highest BCUT2D eigenvalue weighted by molar-refractivity contribution is 5.80. The number of aromatic nitrogens is 2. The van der Waals surface area contributed by atoms with Gasteiger partial charge in [0.15, 0.2) is 0 Å². The van der Waals surface area contributed by atoms with E-state index in [1.54, 1.807) is 0 Å². The van der Waals surface area contributed by atoms with Crippen LogP contribution in [0.5, 0.6) is 0 Å². The Kier molecular flexibility index (Phi) is 1.65. The molecule has 1 N–H and O–H groups in total. The maximum atomic E-state index is 4.26. The number of aromatic amines is 1. The van der Waals surface area contributed by atoms with Gasteiger partial charge in [0, 0.05) is 17.8 Å². The Morgan fingerprint density at radius 3 is 2.69 bits per heavy atom. The van der Waals surface area contributed by atoms with Crippen molar-refractivity contribution in [2.45, 2.75) is 26.2 Å². The largest absolute Gasteiger partial charge is 0.346 e. The summed E-state index contributed by atoms with van der Waals surface area (Å²) in [5.41, 5.74) is 2.51. The number of rotatable bonds is 0. The molecule has 2 aromatic rings. The molecule has 0 saturated carbocycles. The van der Waals surface area contributed by atoms with E-state index in [0.29, 0.717) is 0 Å². The van der Waals surface area contributed by atoms with Crippen molar-refractivity contribution in [3.05, 3.63) is 30.1 Å². The first-order chi connectivity index (χ1) is 6.09. The van der Waals surface area contributed by atoms with Crippen molar-refractivity contribution >= 4 is 11.0 Å². The average Bonchev–Trinajstić information content (AvgIpc) is 2.48. The molecule has 0 aliphatic heterocycles. The summed E-state index contributed by atoms with van der Waals surface area (Å²) in [6.45, 7) is 6.65. The lowest BCUT2D eigenvalue weighted by Crippen LogP contribution is -2.11. The molecule has 2 rings (SSSR count). The van der Waals surface area contributed by atoms with E-state index in [1.807, 2.05) is 12.4 Å². The average molecular weight is 174 g/mol. The first kappa shape index (κ1) is 8.30. The standard InChI is InChI=1S/C11H14N2/c1-11(2,3)9-5-7-13-10-8(9)4-6-12-10/h4-7H,1-3H3,(H,12,13). The summed E-state index contributed by atoms with van der Waals surface area (Å²) in [6.07, 6.45) is 3.80. The van der Waals surface area contributed by atoms with Crippen molar-refractivity contribution in [1.29, 1.82) is 0 Å². The van der Waals surface area contributed by atoms with Crippen LogP contribution in [-0.2, 0) is 5.41 Å². The lowest BCUT2D eigenvalue weighted by Gasteiger charge is -2.19. The van der Waals surface area contributed by atoms with E-state index in [1.165, 1.54) is 10.9 Å². The Labute approximate surface area is 78.0 Å². The minimum atomic E-state index is 0.184. The second-order valence-electron chi connectivity index (χ2n) is 4.35. The van der Waals surface area contributed by atoms with Crippen LogP contribution in [0.2, 0.25) is 0 Å². The molecule has 0 spiro atoms. The van der Waals surface area contributed by atoms with E-state index < -0.39 is 0 Å². The van der Waals surface area contributed by atoms with Crippen LogP contribution < -0.4 is 0 Å². The fourth-order valence-corrected chi connectivity index (χ4v) is 1.61. The summed E-state index contributed by atoms with van der Waals surface area (Å²) in [7, 11) is 0. The van der Waals surface area contributed by atoms with Gasteiger partial charge < -0.3 is 4.98 Å². The van der Waals surface area contributed by atoms with E-state index in [9.17, 15) is 0 Å². The summed E-state index contributed by atoms with van der Waals surface area (Å²) in [4.78, 5) is 7.38. The second-order valence-corrected chi connectivity index (χ2v) is 4.35. The van der Waals surface area contributed by atoms with Gasteiger partial charge >= 0.3 is 0 Å². The number of H-pyrrole nitrogens is 1. The third-order valence-corrected chi connectivity index (χ3v) is 2.27. The molecule has 0 atom stereocenters. The first-order valence-electron chi connectivity index (χ1n) is 4.51. The monoisotopic (exact) mass is 174 g/mol. The minimum Gasteiger partial charge on any atom is -0.346 e. The Bertz CT molecular complexity index is 421. The SMILES string of the molecule is CC(C)(C)c1ccnc2[nH]ccc12. The van der Waals surface area contributed by atoms with Crippen molar-refractivity contribution in [2.75, 3.05) is 0 Å². The lowest BCUT2D eigenvalue weighted by molar-refractivity contribution is 0.595. The Morgan fingerprint density at radius 1 is 1.23 bits per heavy atom. The maximum Gasteiger partial charge on any atom is 0.137 e. The zero-order valence-electron chi connectivity index (χ0n) is 8.26. The molecule has 2 aromatic heterocycles. The van der Waals surface area contributed by atoms with Crippen LogP contribution in [0.1, 0.15) is 26.3 Å². The molecule has 0 aromatic carbocycles. The van der Waals surface area contributed by atoms with Gasteiger partial charge in [0.05, 0.1) is 0 Å². The number of hydrogen-bond acceptors (Lipinski definition) is 1. The zero-order valence-corrected chi connectivity index (χ0v) is 8.26. The molecule has 13 heavy (non-hydrogen) atoms. The highest BCUT2D eigenvalue weighted by Crippen LogP contribution is 2.27. The fraction of sp³-hybridized carbons (Fsp3) is 0.364. The Balaban J connectivity index is 2.75. The minimum absolute atomic E-state index is 0.184. The predicted octanol–water partition coefficient (Wildman–Crippen LogP) is 2.86. The van der Waals surface area contributed by atoms with E-state index >= 15 is 0 Å². The molecule has 0 radical (unpaired) electrons. The van der Waals surface area contributed by atoms with Crippen molar-refractivity contribution < 1.29 is 0 Å². The number of nitrogens with one attached hydrogen (secondary N) is 1. The lowest BCUT2D eigenvalue weighted by atomic mass is 9.86. The van der Waals surface area contributed by atoms with Gasteiger partial charge in [-0.25, -0.2) is 4.98 Å². The molecule has 2 nitrogen and oxygen atoms in total. The number of fused-ring (bicyclic) bond motifs is 1. The zero-order chi connectivity index (χ0) is 9.47. The summed E-state index contributed by atoms with van der Waals surface area (Å²) in [5.74, 6) is 0. The molecule has 0 unspecified atom stereocenters. The molecule has 0 fully saturated rings. The highest BCUT2D eigenvalue weighted by Gasteiger charge is 2.16. The molecule has 2 heterocycles. The third kappa shape index (κ3) is 1.32. The van der Waals surface area contributed by atoms with E-state index in [4.69, 9.17) is 0 Å². The summed E-state index contributed by atoms with van der Waals surface area (Å²) < 4.78 is 0. The summed E-state index contributed by atoms with van der Waals surface area (Å²) in [6, 6.07) is 4.18. The second kappa shape index (κ2) is 2.59. The van der Waals surface area contributed by atoms with Gasteiger partial charge in [-0.3, -0.25) is 0 Å². The van der Waals surface area contributed by atoms with Gasteiger partial charge in [-0.05, 0) is 23.1 Å². The topological polar surface area (TPSA) is 28.7 Å². The quantitative estimate of drug-likeness (QED) is 0.653. The smallest absolute Gasteiger partial charge is 0.137 e. The highest BCUT2D eigenvalue weighted by atomic mass is 14.8. The van der Waals surface area contributed by atoms with Crippen LogP contribution in [-0.4, -0.2) is 9.97 Å². The predicted molar refractivity (Wildman–Crippen MR) is 54.8 cm³/mol. The summed E-state index contributed by atoms with van der Waals surface area (Å²) in [5, 5.41) is 1.23. The van der Waals surface area contributed by atoms with E-state index in [0.717, 1.165) is 5.65 Å². The molecule has 0 bridgehead atoms. The molecule has 0 amide bonds. The molecule has 2 heteroatoms. The van der Waals surface area contributed by atoms with Crippen LogP contribution in [0, 0.1) is 0 Å². The van der Waals surface area contributed by atoms with E-state index in [-0.39, 0.29) is 5.41 Å². The molecular weight excluding hydrogens is 160 g/mol. The van der Waals surface area contributed by atoms with Crippen LogP contribution in [0.25, 0.3) is 11.0 Å². The number of hydrogen-bond donors (Lipinski definition) is 1. The molecule has 0 saturated heterocycles. The number of nitrogens with zero attached hydrogens (tertiary/aromatic N) is 1. The molecule has 0 aliphatic carbocycles. The maximum absolute atomic E-state index is 4.26. The third-order valence-electron chi connectivity index (χ3n) is 2.27. The van der Waals surface area contributed by atoms with Crippen LogP contribution in [0.4, 0.5) is 0 Å². The first-order valence-corrected chi connectivity index (χ1v) is 4.51. The van der Waals surface area contributed by atoms with Gasteiger partial charge in [0.25, 0.3) is 0 Å². The van der Waals surface area contributed by atoms with Crippen molar-refractivity contribution in [3.8, 4) is 0 Å². The van der Waals surface area contributed by atoms with Crippen molar-refractivity contribution in [3.63, 3.8) is 0 Å². The van der Waals surface area contributed by atoms with Crippen LogP contribution in [0.3, 0.4) is 0 Å². The van der Waals surface area contributed by atoms with Gasteiger partial charge in [-0.15, -0.1) is 0 Å². The summed E-state index contributed by atoms with van der Waals surface area (Å²) >= 11 is 0. The number of pyridine rings is 1. The Hall–Kier alpha value is -1.31. The van der Waals surface area contributed by atoms with Crippen molar-refractivity contribution in [2.24, 2.45) is 0 Å². The fourth-order valence-electron chi connectivity index (χ4n) is 1.61. The van der Waals surface area contributed by atoms with Gasteiger partial charge in [0.2, 0.25) is 0 Å². The van der Waals surface area contributed by atoms with Gasteiger partial charge in [-0.1, -0.05) is 20.8 Å². The van der Waals surface area contributed by atoms with Gasteiger partial charge in [0.1, 0.15) is 5.65 Å². The van der Waals surface area contributed by atoms with Crippen LogP contribution in [0.15, 0.2) is 24.5 Å². The van der Waals surface area contributed by atoms with Crippen LogP contribution >= 0.6 is 0 Å². The normalized spacial score (nSPS) is 12.2. The van der Waals surface area contributed by atoms with Crippen molar-refractivity contribution in [1.82, 2.24) is 9.97 Å².